The lowest BCUT2D eigenvalue weighted by molar-refractivity contribution is 0.190. The number of aryl methyl sites for hydroxylation is 1. The SMILES string of the molecule is Cc1cc(CNC2CCOC2)ccn1. The highest BCUT2D eigenvalue weighted by molar-refractivity contribution is 5.15. The first kappa shape index (κ1) is 9.62. The predicted molar refractivity (Wildman–Crippen MR) is 55.0 cm³/mol. The van der Waals surface area contributed by atoms with Crippen LogP contribution < -0.4 is 5.32 Å². The molecule has 1 saturated heterocycles. The maximum atomic E-state index is 5.29. The van der Waals surface area contributed by atoms with Crippen molar-refractivity contribution in [2.75, 3.05) is 13.2 Å². The number of nitrogens with one attached hydrogen (secondary N) is 1. The van der Waals surface area contributed by atoms with Crippen molar-refractivity contribution in [1.29, 1.82) is 0 Å². The van der Waals surface area contributed by atoms with Crippen molar-refractivity contribution in [2.45, 2.75) is 25.9 Å². The second-order valence-corrected chi connectivity index (χ2v) is 3.75. The van der Waals surface area contributed by atoms with Gasteiger partial charge in [0.25, 0.3) is 0 Å². The molecule has 1 N–H and O–H groups in total. The Hall–Kier alpha value is -0.930. The molecule has 76 valence electrons. The van der Waals surface area contributed by atoms with E-state index in [1.54, 1.807) is 0 Å². The van der Waals surface area contributed by atoms with E-state index in [9.17, 15) is 0 Å². The van der Waals surface area contributed by atoms with E-state index in [2.05, 4.69) is 22.4 Å². The topological polar surface area (TPSA) is 34.1 Å². The first-order valence-corrected chi connectivity index (χ1v) is 5.07. The van der Waals surface area contributed by atoms with Gasteiger partial charge in [-0.3, -0.25) is 4.98 Å². The molecular weight excluding hydrogens is 176 g/mol. The summed E-state index contributed by atoms with van der Waals surface area (Å²) in [5.74, 6) is 0. The lowest BCUT2D eigenvalue weighted by Gasteiger charge is -2.10. The van der Waals surface area contributed by atoms with Crippen LogP contribution in [0.3, 0.4) is 0 Å². The van der Waals surface area contributed by atoms with Gasteiger partial charge < -0.3 is 10.1 Å². The summed E-state index contributed by atoms with van der Waals surface area (Å²) in [6.07, 6.45) is 2.99. The van der Waals surface area contributed by atoms with Gasteiger partial charge in [0.15, 0.2) is 0 Å². The van der Waals surface area contributed by atoms with Crippen LogP contribution >= 0.6 is 0 Å². The van der Waals surface area contributed by atoms with Crippen molar-refractivity contribution in [1.82, 2.24) is 10.3 Å². The maximum absolute atomic E-state index is 5.29. The molecule has 1 atom stereocenters. The first-order valence-electron chi connectivity index (χ1n) is 5.07. The van der Waals surface area contributed by atoms with Crippen LogP contribution in [0.15, 0.2) is 18.3 Å². The van der Waals surface area contributed by atoms with Gasteiger partial charge in [0, 0.05) is 31.1 Å². The molecule has 1 aromatic rings. The molecule has 0 amide bonds. The Morgan fingerprint density at radius 3 is 3.29 bits per heavy atom. The Morgan fingerprint density at radius 1 is 1.64 bits per heavy atom. The normalized spacial score (nSPS) is 21.4. The van der Waals surface area contributed by atoms with Crippen LogP contribution in [0.2, 0.25) is 0 Å². The number of aromatic nitrogens is 1. The Balaban J connectivity index is 1.85. The Bertz CT molecular complexity index is 295. The standard InChI is InChI=1S/C11H16N2O/c1-9-6-10(2-4-12-9)7-13-11-3-5-14-8-11/h2,4,6,11,13H,3,5,7-8H2,1H3. The van der Waals surface area contributed by atoms with Gasteiger partial charge in [-0.25, -0.2) is 0 Å². The quantitative estimate of drug-likeness (QED) is 0.783. The zero-order chi connectivity index (χ0) is 9.80. The molecule has 0 saturated carbocycles. The van der Waals surface area contributed by atoms with E-state index in [4.69, 9.17) is 4.74 Å². The molecule has 14 heavy (non-hydrogen) atoms. The van der Waals surface area contributed by atoms with E-state index in [-0.39, 0.29) is 0 Å². The van der Waals surface area contributed by atoms with Crippen molar-refractivity contribution in [3.8, 4) is 0 Å². The number of ether oxygens (including phenoxy) is 1. The number of hydrogen-bond donors (Lipinski definition) is 1. The molecule has 0 aromatic carbocycles. The van der Waals surface area contributed by atoms with Gasteiger partial charge in [0.05, 0.1) is 6.61 Å². The third-order valence-electron chi connectivity index (χ3n) is 2.49. The molecule has 1 aliphatic heterocycles. The zero-order valence-corrected chi connectivity index (χ0v) is 8.49. The van der Waals surface area contributed by atoms with Crippen LogP contribution in [0, 0.1) is 6.92 Å². The fourth-order valence-corrected chi connectivity index (χ4v) is 1.67. The van der Waals surface area contributed by atoms with Crippen LogP contribution in [0.25, 0.3) is 0 Å². The van der Waals surface area contributed by atoms with Crippen molar-refractivity contribution < 1.29 is 4.74 Å². The highest BCUT2D eigenvalue weighted by atomic mass is 16.5. The fourth-order valence-electron chi connectivity index (χ4n) is 1.67. The van der Waals surface area contributed by atoms with E-state index in [0.29, 0.717) is 6.04 Å². The van der Waals surface area contributed by atoms with Crippen molar-refractivity contribution in [2.24, 2.45) is 0 Å². The molecule has 1 unspecified atom stereocenters. The van der Waals surface area contributed by atoms with E-state index in [1.807, 2.05) is 13.1 Å². The van der Waals surface area contributed by atoms with Crippen LogP contribution in [-0.4, -0.2) is 24.2 Å². The molecule has 3 nitrogen and oxygen atoms in total. The summed E-state index contributed by atoms with van der Waals surface area (Å²) in [5, 5.41) is 3.47. The summed E-state index contributed by atoms with van der Waals surface area (Å²) in [4.78, 5) is 4.17. The van der Waals surface area contributed by atoms with Crippen molar-refractivity contribution in [3.63, 3.8) is 0 Å². The minimum absolute atomic E-state index is 0.531. The summed E-state index contributed by atoms with van der Waals surface area (Å²) in [6.45, 7) is 4.68. The number of rotatable bonds is 3. The summed E-state index contributed by atoms with van der Waals surface area (Å²) >= 11 is 0. The summed E-state index contributed by atoms with van der Waals surface area (Å²) in [6, 6.07) is 4.70. The smallest absolute Gasteiger partial charge is 0.0620 e. The molecule has 1 aromatic heterocycles. The monoisotopic (exact) mass is 192 g/mol. The summed E-state index contributed by atoms with van der Waals surface area (Å²) in [7, 11) is 0. The third kappa shape index (κ3) is 2.53. The number of hydrogen-bond acceptors (Lipinski definition) is 3. The molecule has 0 spiro atoms. The zero-order valence-electron chi connectivity index (χ0n) is 8.49. The largest absolute Gasteiger partial charge is 0.380 e. The van der Waals surface area contributed by atoms with E-state index >= 15 is 0 Å². The van der Waals surface area contributed by atoms with E-state index < -0.39 is 0 Å². The number of pyridine rings is 1. The Kier molecular flexibility index (Phi) is 3.11. The maximum Gasteiger partial charge on any atom is 0.0620 e. The predicted octanol–water partition coefficient (Wildman–Crippen LogP) is 1.27. The lowest BCUT2D eigenvalue weighted by Crippen LogP contribution is -2.28. The minimum Gasteiger partial charge on any atom is -0.380 e. The highest BCUT2D eigenvalue weighted by Gasteiger charge is 2.14. The van der Waals surface area contributed by atoms with Crippen LogP contribution in [0.4, 0.5) is 0 Å². The van der Waals surface area contributed by atoms with Crippen LogP contribution in [-0.2, 0) is 11.3 Å². The summed E-state index contributed by atoms with van der Waals surface area (Å²) < 4.78 is 5.29. The Labute approximate surface area is 84.5 Å². The van der Waals surface area contributed by atoms with Gasteiger partial charge in [0.2, 0.25) is 0 Å². The van der Waals surface area contributed by atoms with E-state index in [0.717, 1.165) is 31.9 Å². The van der Waals surface area contributed by atoms with Gasteiger partial charge in [0.1, 0.15) is 0 Å². The molecule has 3 heteroatoms. The highest BCUT2D eigenvalue weighted by Crippen LogP contribution is 2.06. The van der Waals surface area contributed by atoms with Gasteiger partial charge in [-0.2, -0.15) is 0 Å². The molecule has 2 heterocycles. The number of nitrogens with zero attached hydrogens (tertiary/aromatic N) is 1. The van der Waals surface area contributed by atoms with Gasteiger partial charge in [-0.15, -0.1) is 0 Å². The second-order valence-electron chi connectivity index (χ2n) is 3.75. The Morgan fingerprint density at radius 2 is 2.57 bits per heavy atom. The van der Waals surface area contributed by atoms with Crippen molar-refractivity contribution >= 4 is 0 Å². The molecule has 0 aliphatic carbocycles. The molecule has 1 fully saturated rings. The van der Waals surface area contributed by atoms with Gasteiger partial charge >= 0.3 is 0 Å². The van der Waals surface area contributed by atoms with Gasteiger partial charge in [-0.05, 0) is 31.0 Å². The van der Waals surface area contributed by atoms with Crippen LogP contribution in [0.5, 0.6) is 0 Å². The molecular formula is C11H16N2O. The van der Waals surface area contributed by atoms with Gasteiger partial charge in [-0.1, -0.05) is 0 Å². The van der Waals surface area contributed by atoms with Crippen molar-refractivity contribution in [3.05, 3.63) is 29.6 Å². The summed E-state index contributed by atoms with van der Waals surface area (Å²) in [5.41, 5.74) is 2.37. The third-order valence-corrected chi connectivity index (χ3v) is 2.49. The second kappa shape index (κ2) is 4.53. The first-order chi connectivity index (χ1) is 6.84. The van der Waals surface area contributed by atoms with E-state index in [1.165, 1.54) is 5.56 Å². The minimum atomic E-state index is 0.531. The lowest BCUT2D eigenvalue weighted by atomic mass is 10.2. The average molecular weight is 192 g/mol. The average Bonchev–Trinajstić information content (AvgIpc) is 2.67. The van der Waals surface area contributed by atoms with Crippen LogP contribution in [0.1, 0.15) is 17.7 Å². The molecule has 1 aliphatic rings. The fraction of sp³-hybridized carbons (Fsp3) is 0.545. The molecule has 2 rings (SSSR count). The molecule has 0 radical (unpaired) electrons. The molecule has 0 bridgehead atoms.